The summed E-state index contributed by atoms with van der Waals surface area (Å²) in [5.74, 6) is 0. The minimum absolute atomic E-state index is 0.287. The van der Waals surface area contributed by atoms with Crippen LogP contribution in [-0.2, 0) is 0 Å². The predicted octanol–water partition coefficient (Wildman–Crippen LogP) is -0.274. The van der Waals surface area contributed by atoms with Crippen molar-refractivity contribution in [1.82, 2.24) is 10.2 Å². The van der Waals surface area contributed by atoms with E-state index in [9.17, 15) is 9.59 Å². The Kier molecular flexibility index (Phi) is 3.24. The Morgan fingerprint density at radius 3 is 2.20 bits per heavy atom. The molecule has 10 heavy (non-hydrogen) atoms. The Bertz CT molecular complexity index is 146. The molecule has 0 spiro atoms. The van der Waals surface area contributed by atoms with Gasteiger partial charge in [0, 0.05) is 13.6 Å². The van der Waals surface area contributed by atoms with E-state index in [2.05, 4.69) is 5.32 Å². The van der Waals surface area contributed by atoms with Crippen LogP contribution in [0.3, 0.4) is 0 Å². The smallest absolute Gasteiger partial charge is 0.325 e. The van der Waals surface area contributed by atoms with Crippen LogP contribution < -0.4 is 11.1 Å². The van der Waals surface area contributed by atoms with Crippen molar-refractivity contribution in [3.8, 4) is 0 Å². The number of carbonyl (C=O) groups is 2. The van der Waals surface area contributed by atoms with Gasteiger partial charge in [-0.15, -0.1) is 0 Å². The second-order valence-corrected chi connectivity index (χ2v) is 1.64. The summed E-state index contributed by atoms with van der Waals surface area (Å²) in [6.07, 6.45) is 0. The second-order valence-electron chi connectivity index (χ2n) is 1.64. The highest BCUT2D eigenvalue weighted by Crippen LogP contribution is 1.86. The number of nitrogens with one attached hydrogen (secondary N) is 1. The zero-order valence-electron chi connectivity index (χ0n) is 6.05. The van der Waals surface area contributed by atoms with Gasteiger partial charge in [-0.2, -0.15) is 0 Å². The molecule has 0 atom stereocenters. The molecule has 0 heterocycles. The topological polar surface area (TPSA) is 75.4 Å². The standard InChI is InChI=1S/C5H11N3O2/c1-3-8(4(6)9)5(10)7-2/h3H2,1-2H3,(H2,6,9)(H,7,10). The van der Waals surface area contributed by atoms with Crippen LogP contribution in [0.5, 0.6) is 0 Å². The van der Waals surface area contributed by atoms with Crippen LogP contribution in [0.15, 0.2) is 0 Å². The van der Waals surface area contributed by atoms with Crippen molar-refractivity contribution in [3.63, 3.8) is 0 Å². The van der Waals surface area contributed by atoms with Gasteiger partial charge in [-0.25, -0.2) is 14.5 Å². The molecule has 0 saturated heterocycles. The third kappa shape index (κ3) is 1.93. The highest BCUT2D eigenvalue weighted by molar-refractivity contribution is 5.92. The average Bonchev–Trinajstić information content (AvgIpc) is 1.88. The number of nitrogens with two attached hydrogens (primary N) is 1. The van der Waals surface area contributed by atoms with Crippen LogP contribution >= 0.6 is 0 Å². The van der Waals surface area contributed by atoms with Gasteiger partial charge in [0.15, 0.2) is 0 Å². The van der Waals surface area contributed by atoms with E-state index in [0.717, 1.165) is 4.90 Å². The van der Waals surface area contributed by atoms with Gasteiger partial charge in [-0.3, -0.25) is 0 Å². The lowest BCUT2D eigenvalue weighted by Gasteiger charge is -2.14. The maximum Gasteiger partial charge on any atom is 0.325 e. The van der Waals surface area contributed by atoms with E-state index in [1.165, 1.54) is 7.05 Å². The molecule has 0 unspecified atom stereocenters. The second kappa shape index (κ2) is 3.71. The Balaban J connectivity index is 4.06. The van der Waals surface area contributed by atoms with E-state index in [4.69, 9.17) is 5.73 Å². The summed E-state index contributed by atoms with van der Waals surface area (Å²) in [5, 5.41) is 2.28. The first-order chi connectivity index (χ1) is 4.63. The Labute approximate surface area is 59.2 Å². The van der Waals surface area contributed by atoms with Crippen LogP contribution in [0.25, 0.3) is 0 Å². The molecule has 5 nitrogen and oxygen atoms in total. The van der Waals surface area contributed by atoms with E-state index in [-0.39, 0.29) is 6.54 Å². The molecule has 5 heteroatoms. The van der Waals surface area contributed by atoms with E-state index in [0.29, 0.717) is 0 Å². The van der Waals surface area contributed by atoms with Gasteiger partial charge in [0.2, 0.25) is 0 Å². The number of rotatable bonds is 1. The predicted molar refractivity (Wildman–Crippen MR) is 36.4 cm³/mol. The number of carbonyl (C=O) groups excluding carboxylic acids is 2. The molecule has 0 fully saturated rings. The molecular formula is C5H11N3O2. The number of imide groups is 1. The Morgan fingerprint density at radius 2 is 2.10 bits per heavy atom. The van der Waals surface area contributed by atoms with Crippen LogP contribution in [0, 0.1) is 0 Å². The maximum absolute atomic E-state index is 10.7. The number of hydrogen-bond donors (Lipinski definition) is 2. The highest BCUT2D eigenvalue weighted by atomic mass is 16.2. The SMILES string of the molecule is CCN(C(N)=O)C(=O)NC. The van der Waals surface area contributed by atoms with Gasteiger partial charge in [-0.1, -0.05) is 0 Å². The molecule has 58 valence electrons. The van der Waals surface area contributed by atoms with Crippen molar-refractivity contribution in [1.29, 1.82) is 0 Å². The van der Waals surface area contributed by atoms with Gasteiger partial charge in [0.25, 0.3) is 0 Å². The molecule has 0 rings (SSSR count). The lowest BCUT2D eigenvalue weighted by molar-refractivity contribution is 0.195. The average molecular weight is 145 g/mol. The third-order valence-electron chi connectivity index (χ3n) is 1.04. The van der Waals surface area contributed by atoms with E-state index in [1.54, 1.807) is 6.92 Å². The summed E-state index contributed by atoms with van der Waals surface area (Å²) in [4.78, 5) is 22.0. The van der Waals surface area contributed by atoms with Crippen LogP contribution in [-0.4, -0.2) is 30.6 Å². The molecule has 0 bridgehead atoms. The van der Waals surface area contributed by atoms with E-state index >= 15 is 0 Å². The molecular weight excluding hydrogens is 134 g/mol. The molecule has 4 amide bonds. The lowest BCUT2D eigenvalue weighted by Crippen LogP contribution is -2.45. The number of amides is 4. The zero-order chi connectivity index (χ0) is 8.15. The fourth-order valence-corrected chi connectivity index (χ4v) is 0.534. The summed E-state index contributed by atoms with van der Waals surface area (Å²) in [7, 11) is 1.44. The fourth-order valence-electron chi connectivity index (χ4n) is 0.534. The van der Waals surface area contributed by atoms with Crippen molar-refractivity contribution in [2.75, 3.05) is 13.6 Å². The van der Waals surface area contributed by atoms with Gasteiger partial charge < -0.3 is 11.1 Å². The maximum atomic E-state index is 10.7. The van der Waals surface area contributed by atoms with E-state index < -0.39 is 12.1 Å². The minimum Gasteiger partial charge on any atom is -0.351 e. The summed E-state index contributed by atoms with van der Waals surface area (Å²) >= 11 is 0. The largest absolute Gasteiger partial charge is 0.351 e. The van der Waals surface area contributed by atoms with Crippen molar-refractivity contribution in [2.24, 2.45) is 5.73 Å². The molecule has 0 aliphatic heterocycles. The Morgan fingerprint density at radius 1 is 1.60 bits per heavy atom. The van der Waals surface area contributed by atoms with Gasteiger partial charge >= 0.3 is 12.1 Å². The molecule has 3 N–H and O–H groups in total. The quantitative estimate of drug-likeness (QED) is 0.532. The molecule has 0 aliphatic carbocycles. The van der Waals surface area contributed by atoms with Crippen LogP contribution in [0.4, 0.5) is 9.59 Å². The molecule has 0 aromatic carbocycles. The number of primary amides is 1. The van der Waals surface area contributed by atoms with E-state index in [1.807, 2.05) is 0 Å². The molecule has 0 saturated carbocycles. The fraction of sp³-hybridized carbons (Fsp3) is 0.600. The normalized spacial score (nSPS) is 8.60. The molecule has 0 aliphatic rings. The van der Waals surface area contributed by atoms with Crippen molar-refractivity contribution >= 4 is 12.1 Å². The van der Waals surface area contributed by atoms with Gasteiger partial charge in [-0.05, 0) is 6.92 Å². The van der Waals surface area contributed by atoms with Gasteiger partial charge in [0.05, 0.1) is 0 Å². The molecule has 0 aromatic rings. The van der Waals surface area contributed by atoms with Crippen molar-refractivity contribution in [2.45, 2.75) is 6.92 Å². The van der Waals surface area contributed by atoms with Gasteiger partial charge in [0.1, 0.15) is 0 Å². The number of nitrogens with zero attached hydrogens (tertiary/aromatic N) is 1. The molecule has 0 radical (unpaired) electrons. The number of urea groups is 2. The number of hydrogen-bond acceptors (Lipinski definition) is 2. The first kappa shape index (κ1) is 8.74. The van der Waals surface area contributed by atoms with Crippen LogP contribution in [0.2, 0.25) is 0 Å². The summed E-state index contributed by atoms with van der Waals surface area (Å²) in [6, 6.07) is -1.21. The molecule has 0 aromatic heterocycles. The first-order valence-corrected chi connectivity index (χ1v) is 2.92. The highest BCUT2D eigenvalue weighted by Gasteiger charge is 2.13. The van der Waals surface area contributed by atoms with Crippen LogP contribution in [0.1, 0.15) is 6.92 Å². The summed E-state index contributed by atoms with van der Waals surface area (Å²) in [5.41, 5.74) is 4.85. The van der Waals surface area contributed by atoms with Crippen molar-refractivity contribution < 1.29 is 9.59 Å². The first-order valence-electron chi connectivity index (χ1n) is 2.92. The summed E-state index contributed by atoms with van der Waals surface area (Å²) < 4.78 is 0. The monoisotopic (exact) mass is 145 g/mol. The lowest BCUT2D eigenvalue weighted by atomic mass is 10.6. The van der Waals surface area contributed by atoms with Crippen molar-refractivity contribution in [3.05, 3.63) is 0 Å². The summed E-state index contributed by atoms with van der Waals surface area (Å²) in [6.45, 7) is 1.95. The minimum atomic E-state index is -0.734. The zero-order valence-corrected chi connectivity index (χ0v) is 6.05. The third-order valence-corrected chi connectivity index (χ3v) is 1.04. The Hall–Kier alpha value is -1.26.